The van der Waals surface area contributed by atoms with Crippen LogP contribution in [0.4, 0.5) is 8.78 Å². The van der Waals surface area contributed by atoms with Crippen LogP contribution in [0.3, 0.4) is 0 Å². The third-order valence-corrected chi connectivity index (χ3v) is 4.31. The summed E-state index contributed by atoms with van der Waals surface area (Å²) in [6.07, 6.45) is 1.91. The zero-order valence-electron chi connectivity index (χ0n) is 14.3. The fraction of sp³-hybridized carbons (Fsp3) is 0.300. The molecule has 26 heavy (non-hydrogen) atoms. The van der Waals surface area contributed by atoms with Gasteiger partial charge in [-0.2, -0.15) is 0 Å². The van der Waals surface area contributed by atoms with Crippen molar-refractivity contribution in [2.45, 2.75) is 31.8 Å². The molecule has 1 fully saturated rings. The molecule has 136 valence electrons. The van der Waals surface area contributed by atoms with Crippen LogP contribution in [0.1, 0.15) is 24.0 Å². The van der Waals surface area contributed by atoms with Gasteiger partial charge >= 0.3 is 0 Å². The number of nitrogens with zero attached hydrogens (tertiary/aromatic N) is 1. The lowest BCUT2D eigenvalue weighted by molar-refractivity contribution is -0.133. The van der Waals surface area contributed by atoms with Crippen LogP contribution in [-0.2, 0) is 22.6 Å². The normalized spacial score (nSPS) is 13.3. The number of hydrogen-bond donors (Lipinski definition) is 1. The molecule has 6 heteroatoms. The quantitative estimate of drug-likeness (QED) is 0.827. The van der Waals surface area contributed by atoms with Crippen molar-refractivity contribution in [1.29, 1.82) is 0 Å². The SMILES string of the molecule is O=C(Cc1ccccc1)NCC(=O)N(Cc1ccc(F)cc1F)C1CC1. The van der Waals surface area contributed by atoms with E-state index in [9.17, 15) is 18.4 Å². The van der Waals surface area contributed by atoms with Crippen LogP contribution in [0.2, 0.25) is 0 Å². The van der Waals surface area contributed by atoms with Crippen LogP contribution in [0.15, 0.2) is 48.5 Å². The molecule has 2 amide bonds. The maximum Gasteiger partial charge on any atom is 0.242 e. The largest absolute Gasteiger partial charge is 0.347 e. The first-order chi connectivity index (χ1) is 12.5. The Bertz CT molecular complexity index is 792. The first-order valence-corrected chi connectivity index (χ1v) is 8.57. The molecule has 0 unspecified atom stereocenters. The lowest BCUT2D eigenvalue weighted by Crippen LogP contribution is -2.41. The Balaban J connectivity index is 1.56. The van der Waals surface area contributed by atoms with Crippen LogP contribution in [0.5, 0.6) is 0 Å². The number of rotatable bonds is 7. The fourth-order valence-electron chi connectivity index (χ4n) is 2.76. The molecule has 1 aliphatic carbocycles. The Labute approximate surface area is 150 Å². The van der Waals surface area contributed by atoms with Crippen molar-refractivity contribution in [1.82, 2.24) is 10.2 Å². The van der Waals surface area contributed by atoms with Gasteiger partial charge in [-0.05, 0) is 24.5 Å². The van der Waals surface area contributed by atoms with Crippen LogP contribution in [0, 0.1) is 11.6 Å². The first kappa shape index (κ1) is 18.0. The van der Waals surface area contributed by atoms with Crippen molar-refractivity contribution < 1.29 is 18.4 Å². The predicted octanol–water partition coefficient (Wildman–Crippen LogP) is 2.81. The minimum Gasteiger partial charge on any atom is -0.347 e. The van der Waals surface area contributed by atoms with Gasteiger partial charge in [0.25, 0.3) is 0 Å². The van der Waals surface area contributed by atoms with E-state index in [2.05, 4.69) is 5.32 Å². The van der Waals surface area contributed by atoms with E-state index in [1.807, 2.05) is 30.3 Å². The minimum atomic E-state index is -0.670. The van der Waals surface area contributed by atoms with Crippen LogP contribution >= 0.6 is 0 Å². The lowest BCUT2D eigenvalue weighted by Gasteiger charge is -2.23. The first-order valence-electron chi connectivity index (χ1n) is 8.57. The number of carbonyl (C=O) groups excluding carboxylic acids is 2. The molecule has 1 N–H and O–H groups in total. The average molecular weight is 358 g/mol. The average Bonchev–Trinajstić information content (AvgIpc) is 3.45. The highest BCUT2D eigenvalue weighted by atomic mass is 19.1. The Morgan fingerprint density at radius 3 is 2.46 bits per heavy atom. The molecule has 4 nitrogen and oxygen atoms in total. The third-order valence-electron chi connectivity index (χ3n) is 4.31. The molecular weight excluding hydrogens is 338 g/mol. The van der Waals surface area contributed by atoms with Gasteiger partial charge in [-0.1, -0.05) is 36.4 Å². The van der Waals surface area contributed by atoms with Crippen molar-refractivity contribution in [3.63, 3.8) is 0 Å². The molecule has 1 saturated carbocycles. The van der Waals surface area contributed by atoms with Crippen molar-refractivity contribution in [3.05, 3.63) is 71.3 Å². The van der Waals surface area contributed by atoms with Gasteiger partial charge in [-0.15, -0.1) is 0 Å². The number of benzene rings is 2. The predicted molar refractivity (Wildman–Crippen MR) is 93.1 cm³/mol. The van der Waals surface area contributed by atoms with E-state index < -0.39 is 11.6 Å². The van der Waals surface area contributed by atoms with Gasteiger partial charge in [-0.25, -0.2) is 8.78 Å². The standard InChI is InChI=1S/C20H20F2N2O2/c21-16-7-6-15(18(22)11-16)13-24(17-8-9-17)20(26)12-23-19(25)10-14-4-2-1-3-5-14/h1-7,11,17H,8-10,12-13H2,(H,23,25). The molecule has 1 aliphatic rings. The highest BCUT2D eigenvalue weighted by molar-refractivity contribution is 5.86. The number of carbonyl (C=O) groups is 2. The van der Waals surface area contributed by atoms with E-state index in [4.69, 9.17) is 0 Å². The summed E-state index contributed by atoms with van der Waals surface area (Å²) in [5.41, 5.74) is 1.13. The van der Waals surface area contributed by atoms with Gasteiger partial charge < -0.3 is 10.2 Å². The zero-order valence-corrected chi connectivity index (χ0v) is 14.3. The summed E-state index contributed by atoms with van der Waals surface area (Å²) in [6, 6.07) is 12.6. The van der Waals surface area contributed by atoms with Crippen molar-refractivity contribution in [2.24, 2.45) is 0 Å². The number of halogens is 2. The second-order valence-corrected chi connectivity index (χ2v) is 6.43. The fourth-order valence-corrected chi connectivity index (χ4v) is 2.76. The summed E-state index contributed by atoms with van der Waals surface area (Å²) >= 11 is 0. The van der Waals surface area contributed by atoms with Crippen LogP contribution in [-0.4, -0.2) is 29.3 Å². The molecule has 2 aromatic carbocycles. The van der Waals surface area contributed by atoms with Gasteiger partial charge in [0.2, 0.25) is 11.8 Å². The van der Waals surface area contributed by atoms with Crippen molar-refractivity contribution in [2.75, 3.05) is 6.54 Å². The molecule has 2 aromatic rings. The van der Waals surface area contributed by atoms with Crippen molar-refractivity contribution in [3.8, 4) is 0 Å². The molecule has 0 bridgehead atoms. The second kappa shape index (κ2) is 8.08. The molecule has 3 rings (SSSR count). The molecular formula is C20H20F2N2O2. The summed E-state index contributed by atoms with van der Waals surface area (Å²) in [5, 5.41) is 2.62. The van der Waals surface area contributed by atoms with Crippen LogP contribution < -0.4 is 5.32 Å². The maximum absolute atomic E-state index is 13.9. The van der Waals surface area contributed by atoms with E-state index in [1.165, 1.54) is 12.1 Å². The molecule has 0 radical (unpaired) electrons. The summed E-state index contributed by atoms with van der Waals surface area (Å²) in [7, 11) is 0. The molecule has 0 aliphatic heterocycles. The number of hydrogen-bond acceptors (Lipinski definition) is 2. The summed E-state index contributed by atoms with van der Waals surface area (Å²) in [5.74, 6) is -1.83. The summed E-state index contributed by atoms with van der Waals surface area (Å²) in [6.45, 7) is -0.0604. The maximum atomic E-state index is 13.9. The Kier molecular flexibility index (Phi) is 5.61. The highest BCUT2D eigenvalue weighted by Crippen LogP contribution is 2.29. The topological polar surface area (TPSA) is 49.4 Å². The zero-order chi connectivity index (χ0) is 18.5. The van der Waals surface area contributed by atoms with E-state index in [0.717, 1.165) is 24.5 Å². The lowest BCUT2D eigenvalue weighted by atomic mass is 10.1. The van der Waals surface area contributed by atoms with Crippen molar-refractivity contribution >= 4 is 11.8 Å². The molecule has 0 atom stereocenters. The second-order valence-electron chi connectivity index (χ2n) is 6.43. The van der Waals surface area contributed by atoms with E-state index in [-0.39, 0.29) is 42.9 Å². The number of amides is 2. The van der Waals surface area contributed by atoms with Crippen LogP contribution in [0.25, 0.3) is 0 Å². The monoisotopic (exact) mass is 358 g/mol. The summed E-state index contributed by atoms with van der Waals surface area (Å²) < 4.78 is 26.9. The highest BCUT2D eigenvalue weighted by Gasteiger charge is 2.33. The van der Waals surface area contributed by atoms with E-state index in [1.54, 1.807) is 4.90 Å². The van der Waals surface area contributed by atoms with E-state index >= 15 is 0 Å². The molecule has 0 saturated heterocycles. The number of nitrogens with one attached hydrogen (secondary N) is 1. The third kappa shape index (κ3) is 4.88. The molecule has 0 heterocycles. The molecule has 0 spiro atoms. The van der Waals surface area contributed by atoms with Gasteiger partial charge in [0.05, 0.1) is 13.0 Å². The minimum absolute atomic E-state index is 0.0537. The Morgan fingerprint density at radius 2 is 1.81 bits per heavy atom. The smallest absolute Gasteiger partial charge is 0.242 e. The van der Waals surface area contributed by atoms with Gasteiger partial charge in [0, 0.05) is 24.2 Å². The van der Waals surface area contributed by atoms with Gasteiger partial charge in [-0.3, -0.25) is 9.59 Å². The van der Waals surface area contributed by atoms with Gasteiger partial charge in [0.1, 0.15) is 11.6 Å². The Hall–Kier alpha value is -2.76. The van der Waals surface area contributed by atoms with Gasteiger partial charge in [0.15, 0.2) is 0 Å². The van der Waals surface area contributed by atoms with E-state index in [0.29, 0.717) is 0 Å². The Morgan fingerprint density at radius 1 is 1.08 bits per heavy atom. The molecule has 0 aromatic heterocycles. The summed E-state index contributed by atoms with van der Waals surface area (Å²) in [4.78, 5) is 26.0.